The van der Waals surface area contributed by atoms with Crippen molar-refractivity contribution in [2.24, 2.45) is 0 Å². The fourth-order valence-corrected chi connectivity index (χ4v) is 6.29. The Morgan fingerprint density at radius 2 is 1.06 bits per heavy atom. The third kappa shape index (κ3) is 35.0. The average molecular weight is 760 g/mol. The number of carboxylic acids is 1. The normalized spacial score (nSPS) is 14.1. The van der Waals surface area contributed by atoms with Gasteiger partial charge >= 0.3 is 19.8 Å². The molecule has 0 rings (SSSR count). The molecule has 3 atom stereocenters. The molecule has 1 amide bonds. The lowest BCUT2D eigenvalue weighted by Gasteiger charge is -2.18. The van der Waals surface area contributed by atoms with Crippen molar-refractivity contribution in [1.82, 2.24) is 5.32 Å². The zero-order chi connectivity index (χ0) is 38.5. The molecule has 0 aromatic carbocycles. The van der Waals surface area contributed by atoms with E-state index in [1.807, 2.05) is 0 Å². The van der Waals surface area contributed by atoms with Crippen molar-refractivity contribution in [2.45, 2.75) is 193 Å². The van der Waals surface area contributed by atoms with Crippen LogP contribution in [-0.4, -0.2) is 64.9 Å². The second kappa shape index (κ2) is 36.0. The van der Waals surface area contributed by atoms with Gasteiger partial charge in [-0.05, 0) is 44.9 Å². The predicted octanol–water partition coefficient (Wildman–Crippen LogP) is 9.89. The minimum atomic E-state index is -4.75. The maximum absolute atomic E-state index is 12.3. The summed E-state index contributed by atoms with van der Waals surface area (Å²) in [7, 11) is -4.75. The molecule has 0 bridgehead atoms. The maximum Gasteiger partial charge on any atom is 0.472 e. The fraction of sp³-hybridized carbons (Fsp3) is 0.825. The molecule has 304 valence electrons. The standard InChI is InChI=1S/C40H74NO10P/c1-3-5-7-9-11-13-14-15-16-17-18-19-20-21-22-24-25-27-29-31-38(43)41-37(40(45)46)35-51-52(47,48)50-34-36(42)33-49-39(44)32-30-28-26-23-12-10-8-6-4-2/h11,13,15-16,36-37,42H,3-10,12,14,17-35H2,1-2H3,(H,41,43)(H,45,46)(H,47,48)/b13-11-,16-15-. The zero-order valence-corrected chi connectivity index (χ0v) is 33.5. The monoisotopic (exact) mass is 760 g/mol. The highest BCUT2D eigenvalue weighted by atomic mass is 31.2. The van der Waals surface area contributed by atoms with E-state index >= 15 is 0 Å². The van der Waals surface area contributed by atoms with E-state index in [2.05, 4.69) is 43.5 Å². The van der Waals surface area contributed by atoms with Crippen molar-refractivity contribution in [1.29, 1.82) is 0 Å². The molecular weight excluding hydrogens is 685 g/mol. The number of rotatable bonds is 38. The number of carbonyl (C=O) groups excluding carboxylic acids is 2. The minimum Gasteiger partial charge on any atom is -0.480 e. The van der Waals surface area contributed by atoms with Crippen LogP contribution >= 0.6 is 7.82 Å². The van der Waals surface area contributed by atoms with Crippen molar-refractivity contribution in [3.63, 3.8) is 0 Å². The van der Waals surface area contributed by atoms with Crippen molar-refractivity contribution in [3.05, 3.63) is 24.3 Å². The van der Waals surface area contributed by atoms with Crippen LogP contribution < -0.4 is 5.32 Å². The SMILES string of the molecule is CCCCC/C=C\C/C=C\CCCCCCCCCCCC(=O)NC(COP(=O)(O)OCC(O)COC(=O)CCCCCCCCCCC)C(=O)O. The van der Waals surface area contributed by atoms with Crippen LogP contribution in [0.15, 0.2) is 24.3 Å². The number of carbonyl (C=O) groups is 3. The molecule has 0 heterocycles. The highest BCUT2D eigenvalue weighted by Gasteiger charge is 2.28. The van der Waals surface area contributed by atoms with Gasteiger partial charge in [0.2, 0.25) is 5.91 Å². The van der Waals surface area contributed by atoms with Crippen LogP contribution in [0.3, 0.4) is 0 Å². The second-order valence-corrected chi connectivity index (χ2v) is 15.3. The van der Waals surface area contributed by atoms with Gasteiger partial charge in [0.15, 0.2) is 6.04 Å². The van der Waals surface area contributed by atoms with E-state index in [0.717, 1.165) is 57.8 Å². The molecule has 3 unspecified atom stereocenters. The number of unbranched alkanes of at least 4 members (excludes halogenated alkanes) is 20. The van der Waals surface area contributed by atoms with Gasteiger partial charge in [-0.2, -0.15) is 0 Å². The Morgan fingerprint density at radius 3 is 1.60 bits per heavy atom. The molecule has 0 aromatic rings. The number of phosphoric acid groups is 1. The number of phosphoric ester groups is 1. The maximum atomic E-state index is 12.3. The number of amides is 1. The van der Waals surface area contributed by atoms with E-state index in [9.17, 15) is 34.1 Å². The number of carboxylic acid groups (broad SMARTS) is 1. The Hall–Kier alpha value is -2.04. The highest BCUT2D eigenvalue weighted by Crippen LogP contribution is 2.43. The number of hydrogen-bond donors (Lipinski definition) is 4. The van der Waals surface area contributed by atoms with Crippen molar-refractivity contribution in [3.8, 4) is 0 Å². The molecule has 12 heteroatoms. The predicted molar refractivity (Wildman–Crippen MR) is 208 cm³/mol. The molecule has 0 saturated heterocycles. The Bertz CT molecular complexity index is 989. The largest absolute Gasteiger partial charge is 0.480 e. The summed E-state index contributed by atoms with van der Waals surface area (Å²) < 4.78 is 26.7. The molecule has 11 nitrogen and oxygen atoms in total. The molecule has 0 fully saturated rings. The van der Waals surface area contributed by atoms with Gasteiger partial charge in [0, 0.05) is 12.8 Å². The van der Waals surface area contributed by atoms with Crippen LogP contribution in [0.5, 0.6) is 0 Å². The molecule has 0 aromatic heterocycles. The van der Waals surface area contributed by atoms with Crippen LogP contribution in [0.1, 0.15) is 181 Å². The van der Waals surface area contributed by atoms with E-state index in [1.165, 1.54) is 83.5 Å². The van der Waals surface area contributed by atoms with Gasteiger partial charge in [-0.15, -0.1) is 0 Å². The Morgan fingerprint density at radius 1 is 0.615 bits per heavy atom. The summed E-state index contributed by atoms with van der Waals surface area (Å²) in [5, 5.41) is 21.7. The average Bonchev–Trinajstić information content (AvgIpc) is 3.11. The minimum absolute atomic E-state index is 0.142. The van der Waals surface area contributed by atoms with Crippen LogP contribution in [-0.2, 0) is 32.7 Å². The van der Waals surface area contributed by atoms with Gasteiger partial charge in [-0.1, -0.05) is 147 Å². The lowest BCUT2D eigenvalue weighted by Crippen LogP contribution is -2.43. The smallest absolute Gasteiger partial charge is 0.472 e. The van der Waals surface area contributed by atoms with Gasteiger partial charge in [-0.3, -0.25) is 18.6 Å². The first-order valence-corrected chi connectivity index (χ1v) is 21.9. The van der Waals surface area contributed by atoms with Gasteiger partial charge in [-0.25, -0.2) is 9.36 Å². The first kappa shape index (κ1) is 50.0. The van der Waals surface area contributed by atoms with Crippen molar-refractivity contribution < 1.29 is 47.8 Å². The lowest BCUT2D eigenvalue weighted by molar-refractivity contribution is -0.147. The number of aliphatic hydroxyl groups excluding tert-OH is 1. The molecule has 0 spiro atoms. The number of esters is 1. The number of ether oxygens (including phenoxy) is 1. The number of aliphatic carboxylic acids is 1. The summed E-state index contributed by atoms with van der Waals surface area (Å²) in [6, 6.07) is -1.55. The Kier molecular flexibility index (Phi) is 34.6. The summed E-state index contributed by atoms with van der Waals surface area (Å²) >= 11 is 0. The van der Waals surface area contributed by atoms with E-state index in [1.54, 1.807) is 0 Å². The van der Waals surface area contributed by atoms with E-state index in [-0.39, 0.29) is 12.8 Å². The Labute approximate surface area is 315 Å². The first-order chi connectivity index (χ1) is 25.1. The van der Waals surface area contributed by atoms with Gasteiger partial charge in [0.05, 0.1) is 13.2 Å². The van der Waals surface area contributed by atoms with Gasteiger partial charge in [0.25, 0.3) is 0 Å². The van der Waals surface area contributed by atoms with Crippen molar-refractivity contribution in [2.75, 3.05) is 19.8 Å². The molecule has 0 saturated carbocycles. The van der Waals surface area contributed by atoms with Gasteiger partial charge in [0.1, 0.15) is 12.7 Å². The van der Waals surface area contributed by atoms with Crippen LogP contribution in [0, 0.1) is 0 Å². The van der Waals surface area contributed by atoms with Crippen LogP contribution in [0.4, 0.5) is 0 Å². The molecule has 0 aliphatic rings. The van der Waals surface area contributed by atoms with E-state index < -0.39 is 57.6 Å². The second-order valence-electron chi connectivity index (χ2n) is 13.8. The molecular formula is C40H74NO10P. The van der Waals surface area contributed by atoms with E-state index in [4.69, 9.17) is 13.8 Å². The summed E-state index contributed by atoms with van der Waals surface area (Å²) in [6.45, 7) is 2.53. The first-order valence-electron chi connectivity index (χ1n) is 20.4. The molecule has 52 heavy (non-hydrogen) atoms. The number of nitrogens with one attached hydrogen (secondary N) is 1. The van der Waals surface area contributed by atoms with Crippen LogP contribution in [0.25, 0.3) is 0 Å². The van der Waals surface area contributed by atoms with Crippen LogP contribution in [0.2, 0.25) is 0 Å². The summed E-state index contributed by atoms with van der Waals surface area (Å²) in [5.74, 6) is -2.38. The van der Waals surface area contributed by atoms with Gasteiger partial charge < -0.3 is 25.2 Å². The third-order valence-electron chi connectivity index (χ3n) is 8.74. The molecule has 0 aliphatic heterocycles. The summed E-state index contributed by atoms with van der Waals surface area (Å²) in [6.07, 6.45) is 35.0. The number of aliphatic hydroxyl groups is 1. The highest BCUT2D eigenvalue weighted by molar-refractivity contribution is 7.47. The molecule has 0 aliphatic carbocycles. The van der Waals surface area contributed by atoms with Crippen molar-refractivity contribution >= 4 is 25.7 Å². The summed E-state index contributed by atoms with van der Waals surface area (Å²) in [4.78, 5) is 45.7. The fourth-order valence-electron chi connectivity index (χ4n) is 5.52. The summed E-state index contributed by atoms with van der Waals surface area (Å²) in [5.41, 5.74) is 0. The molecule has 0 radical (unpaired) electrons. The Balaban J connectivity index is 3.92. The number of allylic oxidation sites excluding steroid dienone is 4. The zero-order valence-electron chi connectivity index (χ0n) is 32.6. The number of hydrogen-bond acceptors (Lipinski definition) is 8. The third-order valence-corrected chi connectivity index (χ3v) is 9.69. The topological polar surface area (TPSA) is 169 Å². The lowest BCUT2D eigenvalue weighted by atomic mass is 10.1. The quantitative estimate of drug-likeness (QED) is 0.0206. The van der Waals surface area contributed by atoms with E-state index in [0.29, 0.717) is 12.8 Å². The molecule has 4 N–H and O–H groups in total.